The Morgan fingerprint density at radius 2 is 1.53 bits per heavy atom. The molecule has 0 bridgehead atoms. The summed E-state index contributed by atoms with van der Waals surface area (Å²) >= 11 is 0. The lowest BCUT2D eigenvalue weighted by Crippen LogP contribution is -2.36. The fraction of sp³-hybridized carbons (Fsp3) is 0.115. The minimum absolute atomic E-state index is 0.277. The van der Waals surface area contributed by atoms with Crippen molar-refractivity contribution in [2.24, 2.45) is 0 Å². The van der Waals surface area contributed by atoms with Gasteiger partial charge in [0.25, 0.3) is 5.91 Å². The Labute approximate surface area is 184 Å². The Morgan fingerprint density at radius 1 is 0.844 bits per heavy atom. The van der Waals surface area contributed by atoms with Gasteiger partial charge in [-0.05, 0) is 22.8 Å². The number of benzene rings is 3. The van der Waals surface area contributed by atoms with Gasteiger partial charge in [-0.2, -0.15) is 0 Å². The van der Waals surface area contributed by atoms with Gasteiger partial charge in [0.1, 0.15) is 6.04 Å². The number of hydrogen-bond acceptors (Lipinski definition) is 3. The molecule has 1 saturated heterocycles. The molecule has 5 rings (SSSR count). The van der Waals surface area contributed by atoms with E-state index in [1.165, 1.54) is 0 Å². The number of carbonyl (C=O) groups excluding carboxylic acids is 3. The zero-order chi connectivity index (χ0) is 22.1. The van der Waals surface area contributed by atoms with Crippen molar-refractivity contribution in [2.45, 2.75) is 12.5 Å². The first-order valence-corrected chi connectivity index (χ1v) is 10.5. The molecule has 1 atom stereocenters. The molecule has 0 unspecified atom stereocenters. The van der Waals surface area contributed by atoms with E-state index in [4.69, 9.17) is 0 Å². The van der Waals surface area contributed by atoms with E-state index in [-0.39, 0.29) is 18.2 Å². The van der Waals surface area contributed by atoms with Gasteiger partial charge in [-0.3, -0.25) is 14.5 Å². The molecule has 158 valence electrons. The number of para-hydroxylation sites is 1. The number of rotatable bonds is 6. The average molecular weight is 423 g/mol. The summed E-state index contributed by atoms with van der Waals surface area (Å²) in [5, 5.41) is 3.73. The molecule has 3 aromatic carbocycles. The molecule has 2 N–H and O–H groups in total. The van der Waals surface area contributed by atoms with Crippen LogP contribution in [0.2, 0.25) is 0 Å². The van der Waals surface area contributed by atoms with Gasteiger partial charge >= 0.3 is 6.03 Å². The first kappa shape index (κ1) is 19.8. The smallest absolute Gasteiger partial charge is 0.325 e. The van der Waals surface area contributed by atoms with Crippen LogP contribution in [-0.2, 0) is 11.2 Å². The number of amides is 3. The van der Waals surface area contributed by atoms with Crippen molar-refractivity contribution < 1.29 is 14.4 Å². The summed E-state index contributed by atoms with van der Waals surface area (Å²) in [5.41, 5.74) is 4.44. The molecule has 1 fully saturated rings. The lowest BCUT2D eigenvalue weighted by Gasteiger charge is -2.12. The van der Waals surface area contributed by atoms with Crippen LogP contribution in [0.5, 0.6) is 0 Å². The SMILES string of the molecule is O=C(CN1C(=O)N[C@@H](Cc2c[nH]c3ccccc23)C1=O)c1ccc(-c2ccccc2)cc1. The number of H-pyrrole nitrogens is 1. The number of nitrogens with zero attached hydrogens (tertiary/aromatic N) is 1. The van der Waals surface area contributed by atoms with E-state index in [9.17, 15) is 14.4 Å². The van der Waals surface area contributed by atoms with Crippen molar-refractivity contribution in [1.82, 2.24) is 15.2 Å². The zero-order valence-electron chi connectivity index (χ0n) is 17.2. The highest BCUT2D eigenvalue weighted by atomic mass is 16.2. The Balaban J connectivity index is 1.27. The summed E-state index contributed by atoms with van der Waals surface area (Å²) < 4.78 is 0. The highest BCUT2D eigenvalue weighted by molar-refractivity contribution is 6.09. The second-order valence-electron chi connectivity index (χ2n) is 7.86. The van der Waals surface area contributed by atoms with Crippen LogP contribution in [0.15, 0.2) is 85.1 Å². The highest BCUT2D eigenvalue weighted by Crippen LogP contribution is 2.22. The van der Waals surface area contributed by atoms with E-state index in [0.29, 0.717) is 12.0 Å². The van der Waals surface area contributed by atoms with Crippen molar-refractivity contribution in [3.05, 3.63) is 96.2 Å². The molecular formula is C26H21N3O3. The van der Waals surface area contributed by atoms with Crippen molar-refractivity contribution in [2.75, 3.05) is 6.54 Å². The van der Waals surface area contributed by atoms with Crippen LogP contribution in [-0.4, -0.2) is 40.2 Å². The third-order valence-electron chi connectivity index (χ3n) is 5.82. The fourth-order valence-electron chi connectivity index (χ4n) is 4.10. The van der Waals surface area contributed by atoms with Crippen LogP contribution >= 0.6 is 0 Å². The second kappa shape index (κ2) is 8.15. The number of hydrogen-bond donors (Lipinski definition) is 2. The second-order valence-corrected chi connectivity index (χ2v) is 7.86. The van der Waals surface area contributed by atoms with Gasteiger partial charge in [-0.1, -0.05) is 72.8 Å². The molecule has 2 heterocycles. The van der Waals surface area contributed by atoms with E-state index >= 15 is 0 Å². The number of urea groups is 1. The standard InChI is InChI=1S/C26H21N3O3/c30-24(19-12-10-18(11-13-19)17-6-2-1-3-7-17)16-29-25(31)23(28-26(29)32)14-20-15-27-22-9-5-4-8-21(20)22/h1-13,15,23,27H,14,16H2,(H,28,32)/t23-/m0/s1. The topological polar surface area (TPSA) is 82.3 Å². The van der Waals surface area contributed by atoms with E-state index in [1.54, 1.807) is 12.1 Å². The molecule has 1 aliphatic heterocycles. The number of aromatic nitrogens is 1. The molecule has 0 spiro atoms. The largest absolute Gasteiger partial charge is 0.361 e. The number of nitrogens with one attached hydrogen (secondary N) is 2. The molecule has 3 amide bonds. The van der Waals surface area contributed by atoms with E-state index in [2.05, 4.69) is 10.3 Å². The van der Waals surface area contributed by atoms with Crippen LogP contribution < -0.4 is 5.32 Å². The third-order valence-corrected chi connectivity index (χ3v) is 5.82. The summed E-state index contributed by atoms with van der Waals surface area (Å²) in [4.78, 5) is 42.2. The van der Waals surface area contributed by atoms with E-state index < -0.39 is 12.1 Å². The predicted octanol–water partition coefficient (Wildman–Crippen LogP) is 4.18. The predicted molar refractivity (Wildman–Crippen MR) is 122 cm³/mol. The molecule has 1 aromatic heterocycles. The van der Waals surface area contributed by atoms with E-state index in [1.807, 2.05) is 72.9 Å². The number of ketones is 1. The monoisotopic (exact) mass is 423 g/mol. The van der Waals surface area contributed by atoms with Gasteiger partial charge in [0.15, 0.2) is 5.78 Å². The molecule has 0 saturated carbocycles. The third kappa shape index (κ3) is 3.67. The summed E-state index contributed by atoms with van der Waals surface area (Å²) in [6, 6.07) is 23.6. The number of fused-ring (bicyclic) bond motifs is 1. The minimum atomic E-state index is -0.685. The maximum Gasteiger partial charge on any atom is 0.325 e. The lowest BCUT2D eigenvalue weighted by atomic mass is 10.0. The van der Waals surface area contributed by atoms with Crippen LogP contribution in [0.3, 0.4) is 0 Å². The van der Waals surface area contributed by atoms with E-state index in [0.717, 1.165) is 32.5 Å². The summed E-state index contributed by atoms with van der Waals surface area (Å²) in [6.07, 6.45) is 2.22. The highest BCUT2D eigenvalue weighted by Gasteiger charge is 2.39. The number of carbonyl (C=O) groups is 3. The average Bonchev–Trinajstić information content (AvgIpc) is 3.36. The van der Waals surface area contributed by atoms with Gasteiger partial charge in [0.05, 0.1) is 6.54 Å². The number of Topliss-reactive ketones (excluding diaryl/α,β-unsaturated/α-hetero) is 1. The van der Waals surface area contributed by atoms with Gasteiger partial charge < -0.3 is 10.3 Å². The minimum Gasteiger partial charge on any atom is -0.361 e. The van der Waals surface area contributed by atoms with Crippen molar-refractivity contribution in [1.29, 1.82) is 0 Å². The van der Waals surface area contributed by atoms with Crippen LogP contribution in [0.4, 0.5) is 4.79 Å². The van der Waals surface area contributed by atoms with Crippen LogP contribution in [0.25, 0.3) is 22.0 Å². The van der Waals surface area contributed by atoms with Crippen molar-refractivity contribution >= 4 is 28.6 Å². The quantitative estimate of drug-likeness (QED) is 0.361. The number of imide groups is 1. The van der Waals surface area contributed by atoms with Gasteiger partial charge in [0, 0.05) is 29.1 Å². The molecule has 4 aromatic rings. The molecule has 6 heteroatoms. The van der Waals surface area contributed by atoms with Crippen LogP contribution in [0.1, 0.15) is 15.9 Å². The normalized spacial score (nSPS) is 15.9. The Bertz CT molecular complexity index is 1310. The van der Waals surface area contributed by atoms with Gasteiger partial charge in [-0.25, -0.2) is 4.79 Å². The Kier molecular flexibility index (Phi) is 5.03. The first-order chi connectivity index (χ1) is 15.6. The summed E-state index contributed by atoms with van der Waals surface area (Å²) in [5.74, 6) is -0.657. The van der Waals surface area contributed by atoms with Crippen molar-refractivity contribution in [3.8, 4) is 11.1 Å². The van der Waals surface area contributed by atoms with Crippen LogP contribution in [0, 0.1) is 0 Å². The maximum absolute atomic E-state index is 12.9. The molecule has 6 nitrogen and oxygen atoms in total. The Morgan fingerprint density at radius 3 is 2.31 bits per heavy atom. The maximum atomic E-state index is 12.9. The summed E-state index contributed by atoms with van der Waals surface area (Å²) in [6.45, 7) is -0.278. The Hall–Kier alpha value is -4.19. The molecular weight excluding hydrogens is 402 g/mol. The molecule has 1 aliphatic rings. The molecule has 32 heavy (non-hydrogen) atoms. The fourth-order valence-corrected chi connectivity index (χ4v) is 4.10. The zero-order valence-corrected chi connectivity index (χ0v) is 17.2. The van der Waals surface area contributed by atoms with Gasteiger partial charge in [0.2, 0.25) is 0 Å². The first-order valence-electron chi connectivity index (χ1n) is 10.5. The summed E-state index contributed by atoms with van der Waals surface area (Å²) in [7, 11) is 0. The number of aromatic amines is 1. The van der Waals surface area contributed by atoms with Gasteiger partial charge in [-0.15, -0.1) is 0 Å². The van der Waals surface area contributed by atoms with Crippen molar-refractivity contribution in [3.63, 3.8) is 0 Å². The lowest BCUT2D eigenvalue weighted by molar-refractivity contribution is -0.127. The molecule has 0 radical (unpaired) electrons. The molecule has 0 aliphatic carbocycles.